The molecule has 8 heteroatoms. The second-order valence-electron chi connectivity index (χ2n) is 8.74. The van der Waals surface area contributed by atoms with Crippen molar-refractivity contribution in [1.29, 1.82) is 0 Å². The molecule has 188 valence electrons. The van der Waals surface area contributed by atoms with Crippen molar-refractivity contribution in [2.75, 3.05) is 7.11 Å². The first-order valence-corrected chi connectivity index (χ1v) is 11.8. The van der Waals surface area contributed by atoms with Crippen LogP contribution in [-0.2, 0) is 17.4 Å². The zero-order chi connectivity index (χ0) is 25.9. The van der Waals surface area contributed by atoms with E-state index in [1.807, 2.05) is 42.5 Å². The third-order valence-corrected chi connectivity index (χ3v) is 6.19. The maximum Gasteiger partial charge on any atom is 0.416 e. The van der Waals surface area contributed by atoms with Gasteiger partial charge in [-0.15, -0.1) is 0 Å². The van der Waals surface area contributed by atoms with Crippen LogP contribution < -0.4 is 10.1 Å². The number of hydrogen-bond acceptors (Lipinski definition) is 3. The van der Waals surface area contributed by atoms with E-state index in [-0.39, 0.29) is 18.4 Å². The lowest BCUT2D eigenvalue weighted by Gasteiger charge is -2.12. The van der Waals surface area contributed by atoms with Crippen molar-refractivity contribution in [1.82, 2.24) is 14.7 Å². The summed E-state index contributed by atoms with van der Waals surface area (Å²) >= 11 is 0. The van der Waals surface area contributed by atoms with E-state index in [4.69, 9.17) is 9.72 Å². The van der Waals surface area contributed by atoms with Crippen LogP contribution in [0.4, 0.5) is 13.2 Å². The van der Waals surface area contributed by atoms with Crippen LogP contribution in [0, 0.1) is 0 Å². The van der Waals surface area contributed by atoms with Gasteiger partial charge in [-0.1, -0.05) is 31.2 Å². The molecule has 4 aromatic rings. The smallest absolute Gasteiger partial charge is 0.416 e. The highest BCUT2D eigenvalue weighted by Gasteiger charge is 2.30. The predicted octanol–water partition coefficient (Wildman–Crippen LogP) is 6.54. The van der Waals surface area contributed by atoms with E-state index in [9.17, 15) is 18.0 Å². The Hall–Kier alpha value is -3.81. The minimum absolute atomic E-state index is 0.0649. The fourth-order valence-corrected chi connectivity index (χ4v) is 4.06. The Morgan fingerprint density at radius 3 is 2.53 bits per heavy atom. The van der Waals surface area contributed by atoms with Crippen molar-refractivity contribution in [3.05, 3.63) is 78.1 Å². The fourth-order valence-electron chi connectivity index (χ4n) is 4.06. The number of aryl methyl sites for hydroxylation is 1. The minimum Gasteiger partial charge on any atom is -0.497 e. The summed E-state index contributed by atoms with van der Waals surface area (Å²) in [5.74, 6) is 0.611. The van der Waals surface area contributed by atoms with Crippen LogP contribution in [0.5, 0.6) is 5.75 Å². The molecule has 0 spiro atoms. The van der Waals surface area contributed by atoms with E-state index in [0.717, 1.165) is 29.8 Å². The molecule has 2 heterocycles. The number of methoxy groups -OCH3 is 1. The molecule has 0 aliphatic rings. The van der Waals surface area contributed by atoms with Crippen molar-refractivity contribution in [3.8, 4) is 28.1 Å². The highest BCUT2D eigenvalue weighted by Crippen LogP contribution is 2.33. The molecule has 0 bridgehead atoms. The van der Waals surface area contributed by atoms with E-state index in [1.165, 1.54) is 6.07 Å². The molecule has 5 nitrogen and oxygen atoms in total. The Morgan fingerprint density at radius 2 is 1.81 bits per heavy atom. The summed E-state index contributed by atoms with van der Waals surface area (Å²) in [5, 5.41) is 2.98. The van der Waals surface area contributed by atoms with E-state index in [0.29, 0.717) is 34.6 Å². The third-order valence-electron chi connectivity index (χ3n) is 6.19. The topological polar surface area (TPSA) is 55.6 Å². The van der Waals surface area contributed by atoms with Crippen molar-refractivity contribution in [2.45, 2.75) is 45.3 Å². The lowest BCUT2D eigenvalue weighted by molar-refractivity contribution is -0.137. The van der Waals surface area contributed by atoms with Gasteiger partial charge in [0.25, 0.3) is 0 Å². The Labute approximate surface area is 207 Å². The molecule has 2 aromatic carbocycles. The number of aromatic nitrogens is 2. The standard InChI is InChI=1S/C28H28F3N3O2/c1-4-18(2)32-26(35)14-12-24-27(20-8-6-10-23(16-20)36-3)33-25-13-11-21(17-34(24)25)19-7-5-9-22(15-19)28(29,30)31/h5-11,13,15-18H,4,12,14H2,1-3H3,(H,32,35)/t18-/m0/s1. The number of hydrogen-bond donors (Lipinski definition) is 1. The molecule has 36 heavy (non-hydrogen) atoms. The number of rotatable bonds is 8. The van der Waals surface area contributed by atoms with Gasteiger partial charge < -0.3 is 14.5 Å². The number of fused-ring (bicyclic) bond motifs is 1. The molecule has 1 atom stereocenters. The van der Waals surface area contributed by atoms with E-state index >= 15 is 0 Å². The van der Waals surface area contributed by atoms with Gasteiger partial charge in [-0.25, -0.2) is 4.98 Å². The summed E-state index contributed by atoms with van der Waals surface area (Å²) in [6.45, 7) is 3.96. The number of amides is 1. The molecule has 0 aliphatic carbocycles. The minimum atomic E-state index is -4.43. The van der Waals surface area contributed by atoms with Crippen molar-refractivity contribution in [3.63, 3.8) is 0 Å². The summed E-state index contributed by atoms with van der Waals surface area (Å²) < 4.78 is 47.1. The highest BCUT2D eigenvalue weighted by atomic mass is 19.4. The summed E-state index contributed by atoms with van der Waals surface area (Å²) in [4.78, 5) is 17.3. The highest BCUT2D eigenvalue weighted by molar-refractivity contribution is 5.77. The summed E-state index contributed by atoms with van der Waals surface area (Å²) in [6.07, 6.45) is -1.16. The second kappa shape index (κ2) is 10.4. The number of carbonyl (C=O) groups excluding carboxylic acids is 1. The van der Waals surface area contributed by atoms with Crippen LogP contribution in [0.15, 0.2) is 66.9 Å². The maximum atomic E-state index is 13.3. The summed E-state index contributed by atoms with van der Waals surface area (Å²) in [5.41, 5.74) is 3.33. The molecular formula is C28H28F3N3O2. The second-order valence-corrected chi connectivity index (χ2v) is 8.74. The van der Waals surface area contributed by atoms with Crippen LogP contribution in [0.1, 0.15) is 37.9 Å². The molecule has 0 aliphatic heterocycles. The van der Waals surface area contributed by atoms with E-state index < -0.39 is 11.7 Å². The number of nitrogens with one attached hydrogen (secondary N) is 1. The number of pyridine rings is 1. The Balaban J connectivity index is 1.79. The number of benzene rings is 2. The maximum absolute atomic E-state index is 13.3. The first-order valence-electron chi connectivity index (χ1n) is 11.8. The van der Waals surface area contributed by atoms with Crippen molar-refractivity contribution in [2.24, 2.45) is 0 Å². The zero-order valence-electron chi connectivity index (χ0n) is 20.4. The Kier molecular flexibility index (Phi) is 7.33. The molecular weight excluding hydrogens is 467 g/mol. The number of alkyl halides is 3. The molecule has 0 unspecified atom stereocenters. The van der Waals surface area contributed by atoms with E-state index in [2.05, 4.69) is 5.32 Å². The molecule has 4 rings (SSSR count). The first kappa shape index (κ1) is 25.3. The van der Waals surface area contributed by atoms with Crippen LogP contribution in [-0.4, -0.2) is 28.4 Å². The van der Waals surface area contributed by atoms with E-state index in [1.54, 1.807) is 31.5 Å². The normalized spacial score (nSPS) is 12.5. The first-order chi connectivity index (χ1) is 17.2. The van der Waals surface area contributed by atoms with Gasteiger partial charge in [-0.05, 0) is 67.3 Å². The molecule has 0 radical (unpaired) electrons. The van der Waals surface area contributed by atoms with Gasteiger partial charge in [0.2, 0.25) is 5.91 Å². The monoisotopic (exact) mass is 495 g/mol. The van der Waals surface area contributed by atoms with Gasteiger partial charge in [-0.2, -0.15) is 13.2 Å². The van der Waals surface area contributed by atoms with Gasteiger partial charge >= 0.3 is 6.18 Å². The van der Waals surface area contributed by atoms with Gasteiger partial charge in [-0.3, -0.25) is 4.79 Å². The molecule has 0 saturated heterocycles. The number of halogens is 3. The van der Waals surface area contributed by atoms with Crippen molar-refractivity contribution < 1.29 is 22.7 Å². The lowest BCUT2D eigenvalue weighted by Crippen LogP contribution is -2.32. The fraction of sp³-hybridized carbons (Fsp3) is 0.286. The van der Waals surface area contributed by atoms with Gasteiger partial charge in [0.1, 0.15) is 11.4 Å². The average Bonchev–Trinajstić information content (AvgIpc) is 3.24. The predicted molar refractivity (Wildman–Crippen MR) is 134 cm³/mol. The SMILES string of the molecule is CC[C@H](C)NC(=O)CCc1c(-c2cccc(OC)c2)nc2ccc(-c3cccc(C(F)(F)F)c3)cn12. The number of nitrogens with zero attached hydrogens (tertiary/aromatic N) is 2. The number of ether oxygens (including phenoxy) is 1. The van der Waals surface area contributed by atoms with Gasteiger partial charge in [0.05, 0.1) is 24.1 Å². The van der Waals surface area contributed by atoms with Crippen LogP contribution in [0.3, 0.4) is 0 Å². The molecule has 0 fully saturated rings. The van der Waals surface area contributed by atoms with Crippen molar-refractivity contribution >= 4 is 11.6 Å². The lowest BCUT2D eigenvalue weighted by atomic mass is 10.0. The molecule has 2 aromatic heterocycles. The zero-order valence-corrected chi connectivity index (χ0v) is 20.4. The Morgan fingerprint density at radius 1 is 1.06 bits per heavy atom. The quantitative estimate of drug-likeness (QED) is 0.302. The molecule has 1 N–H and O–H groups in total. The third kappa shape index (κ3) is 5.53. The van der Waals surface area contributed by atoms with Crippen LogP contribution >= 0.6 is 0 Å². The van der Waals surface area contributed by atoms with Gasteiger partial charge in [0.15, 0.2) is 0 Å². The van der Waals surface area contributed by atoms with Crippen LogP contribution in [0.25, 0.3) is 28.0 Å². The average molecular weight is 496 g/mol. The Bertz CT molecular complexity index is 1380. The number of carbonyl (C=O) groups is 1. The number of imidazole rings is 1. The van der Waals surface area contributed by atoms with Crippen LogP contribution in [0.2, 0.25) is 0 Å². The molecule has 0 saturated carbocycles. The summed E-state index contributed by atoms with van der Waals surface area (Å²) in [7, 11) is 1.59. The van der Waals surface area contributed by atoms with Gasteiger partial charge in [0, 0.05) is 24.2 Å². The largest absolute Gasteiger partial charge is 0.497 e. The summed E-state index contributed by atoms with van der Waals surface area (Å²) in [6, 6.07) is 16.4. The molecule has 1 amide bonds.